The van der Waals surface area contributed by atoms with E-state index in [1.54, 1.807) is 36.0 Å². The number of hydrogen-bond acceptors (Lipinski definition) is 6. The van der Waals surface area contributed by atoms with E-state index in [0.29, 0.717) is 16.5 Å². The molecule has 0 unspecified atom stereocenters. The van der Waals surface area contributed by atoms with Gasteiger partial charge in [0, 0.05) is 24.4 Å². The molecule has 1 saturated carbocycles. The number of nitro groups is 1. The fourth-order valence-corrected chi connectivity index (χ4v) is 5.47. The lowest BCUT2D eigenvalue weighted by Crippen LogP contribution is -2.48. The van der Waals surface area contributed by atoms with Crippen LogP contribution in [0.2, 0.25) is 0 Å². The van der Waals surface area contributed by atoms with Crippen LogP contribution in [0.1, 0.15) is 47.3 Å². The van der Waals surface area contributed by atoms with Crippen molar-refractivity contribution >= 4 is 40.6 Å². The molecule has 1 aromatic heterocycles. The minimum Gasteiger partial charge on any atom is -0.350 e. The average molecular weight is 462 g/mol. The molecule has 0 bridgehead atoms. The highest BCUT2D eigenvalue weighted by atomic mass is 32.2. The quantitative estimate of drug-likeness (QED) is 0.404. The summed E-state index contributed by atoms with van der Waals surface area (Å²) in [5.41, 5.74) is 0.771. The number of nitrogens with zero attached hydrogens (tertiary/aromatic N) is 1. The van der Waals surface area contributed by atoms with Crippen LogP contribution < -0.4 is 10.6 Å². The maximum Gasteiger partial charge on any atom is 0.269 e. The smallest absolute Gasteiger partial charge is 0.269 e. The summed E-state index contributed by atoms with van der Waals surface area (Å²) in [4.78, 5) is 36.2. The Morgan fingerprint density at radius 2 is 1.90 bits per heavy atom. The van der Waals surface area contributed by atoms with E-state index in [9.17, 15) is 19.7 Å². The van der Waals surface area contributed by atoms with Crippen molar-refractivity contribution in [2.75, 3.05) is 11.5 Å². The van der Waals surface area contributed by atoms with Gasteiger partial charge < -0.3 is 10.6 Å². The molecule has 31 heavy (non-hydrogen) atoms. The molecule has 0 aliphatic heterocycles. The van der Waals surface area contributed by atoms with Gasteiger partial charge in [-0.3, -0.25) is 19.7 Å². The largest absolute Gasteiger partial charge is 0.350 e. The number of amides is 2. The Kier molecular flexibility index (Phi) is 8.90. The summed E-state index contributed by atoms with van der Waals surface area (Å²) >= 11 is 3.05. The first kappa shape index (κ1) is 23.3. The zero-order valence-corrected chi connectivity index (χ0v) is 18.9. The standard InChI is InChI=1S/C22H27N3O4S2/c26-21(23-13-16-8-10-18(11-9-16)25(28)29)19(24-22(27)20-7-4-12-31-20)15-30-14-17-5-2-1-3-6-17/h4,7-12,17,19H,1-3,5-6,13-15H2,(H,23,26)(H,24,27)/t19-/m0/s1. The lowest BCUT2D eigenvalue weighted by atomic mass is 9.91. The van der Waals surface area contributed by atoms with Crippen LogP contribution in [-0.2, 0) is 11.3 Å². The lowest BCUT2D eigenvalue weighted by molar-refractivity contribution is -0.384. The molecular weight excluding hydrogens is 434 g/mol. The summed E-state index contributed by atoms with van der Waals surface area (Å²) in [6.45, 7) is 0.246. The van der Waals surface area contributed by atoms with Gasteiger partial charge in [0.15, 0.2) is 0 Å². The Labute approximate surface area is 190 Å². The van der Waals surface area contributed by atoms with Crippen LogP contribution in [-0.4, -0.2) is 34.3 Å². The summed E-state index contributed by atoms with van der Waals surface area (Å²) in [6, 6.07) is 8.98. The number of carbonyl (C=O) groups excluding carboxylic acids is 2. The molecule has 9 heteroatoms. The van der Waals surface area contributed by atoms with Crippen LogP contribution in [0.25, 0.3) is 0 Å². The fraction of sp³-hybridized carbons (Fsp3) is 0.455. The number of rotatable bonds is 10. The normalized spacial score (nSPS) is 15.2. The molecule has 1 aliphatic rings. The van der Waals surface area contributed by atoms with Gasteiger partial charge in [-0.2, -0.15) is 11.8 Å². The number of non-ortho nitro benzene ring substituents is 1. The molecule has 166 valence electrons. The zero-order chi connectivity index (χ0) is 22.1. The highest BCUT2D eigenvalue weighted by Crippen LogP contribution is 2.27. The van der Waals surface area contributed by atoms with E-state index >= 15 is 0 Å². The lowest BCUT2D eigenvalue weighted by Gasteiger charge is -2.23. The van der Waals surface area contributed by atoms with E-state index in [0.717, 1.165) is 11.3 Å². The van der Waals surface area contributed by atoms with E-state index in [-0.39, 0.29) is 24.0 Å². The maximum absolute atomic E-state index is 12.8. The third-order valence-corrected chi connectivity index (χ3v) is 7.49. The van der Waals surface area contributed by atoms with Crippen LogP contribution >= 0.6 is 23.1 Å². The Morgan fingerprint density at radius 3 is 2.55 bits per heavy atom. The molecule has 1 atom stereocenters. The molecule has 0 radical (unpaired) electrons. The predicted molar refractivity (Wildman–Crippen MR) is 124 cm³/mol. The number of thiophene rings is 1. The predicted octanol–water partition coefficient (Wildman–Crippen LogP) is 4.38. The van der Waals surface area contributed by atoms with Gasteiger partial charge >= 0.3 is 0 Å². The summed E-state index contributed by atoms with van der Waals surface area (Å²) in [7, 11) is 0. The van der Waals surface area contributed by atoms with E-state index < -0.39 is 11.0 Å². The molecule has 1 aliphatic carbocycles. The molecule has 0 spiro atoms. The first-order chi connectivity index (χ1) is 15.0. The van der Waals surface area contributed by atoms with Crippen molar-refractivity contribution in [3.8, 4) is 0 Å². The molecule has 2 N–H and O–H groups in total. The van der Waals surface area contributed by atoms with E-state index in [2.05, 4.69) is 10.6 Å². The van der Waals surface area contributed by atoms with Crippen LogP contribution in [0.5, 0.6) is 0 Å². The SMILES string of the molecule is O=C(N[C@@H](CSCC1CCCCC1)C(=O)NCc1ccc([N+](=O)[O-])cc1)c1cccs1. The van der Waals surface area contributed by atoms with Crippen LogP contribution in [0.4, 0.5) is 5.69 Å². The molecular formula is C22H27N3O4S2. The molecule has 1 fully saturated rings. The van der Waals surface area contributed by atoms with Gasteiger partial charge in [0.1, 0.15) is 6.04 Å². The number of hydrogen-bond donors (Lipinski definition) is 2. The van der Waals surface area contributed by atoms with Crippen molar-refractivity contribution in [3.63, 3.8) is 0 Å². The Hall–Kier alpha value is -2.39. The molecule has 2 amide bonds. The van der Waals surface area contributed by atoms with Crippen molar-refractivity contribution in [1.29, 1.82) is 0 Å². The highest BCUT2D eigenvalue weighted by Gasteiger charge is 2.23. The van der Waals surface area contributed by atoms with E-state index in [1.165, 1.54) is 55.6 Å². The number of benzene rings is 1. The molecule has 7 nitrogen and oxygen atoms in total. The second-order valence-electron chi connectivity index (χ2n) is 7.69. The Balaban J connectivity index is 1.55. The van der Waals surface area contributed by atoms with Gasteiger partial charge in [-0.25, -0.2) is 0 Å². The number of thioether (sulfide) groups is 1. The summed E-state index contributed by atoms with van der Waals surface area (Å²) < 4.78 is 0. The molecule has 3 rings (SSSR count). The Bertz CT molecular complexity index is 865. The van der Waals surface area contributed by atoms with Crippen molar-refractivity contribution in [3.05, 3.63) is 62.3 Å². The van der Waals surface area contributed by atoms with Crippen molar-refractivity contribution in [2.45, 2.75) is 44.7 Å². The summed E-state index contributed by atoms with van der Waals surface area (Å²) in [5.74, 6) is 1.71. The van der Waals surface area contributed by atoms with Crippen molar-refractivity contribution in [1.82, 2.24) is 10.6 Å². The van der Waals surface area contributed by atoms with Gasteiger partial charge in [-0.15, -0.1) is 11.3 Å². The third-order valence-electron chi connectivity index (χ3n) is 5.34. The number of carbonyl (C=O) groups is 2. The number of nitro benzene ring substituents is 1. The fourth-order valence-electron chi connectivity index (χ4n) is 3.57. The van der Waals surface area contributed by atoms with E-state index in [1.807, 2.05) is 5.38 Å². The van der Waals surface area contributed by atoms with Crippen molar-refractivity contribution < 1.29 is 14.5 Å². The summed E-state index contributed by atoms with van der Waals surface area (Å²) in [5, 5.41) is 18.3. The topological polar surface area (TPSA) is 101 Å². The molecule has 0 saturated heterocycles. The first-order valence-corrected chi connectivity index (χ1v) is 12.5. The Morgan fingerprint density at radius 1 is 1.16 bits per heavy atom. The van der Waals surface area contributed by atoms with Gasteiger partial charge in [0.05, 0.1) is 9.80 Å². The van der Waals surface area contributed by atoms with Gasteiger partial charge in [-0.1, -0.05) is 37.5 Å². The second-order valence-corrected chi connectivity index (χ2v) is 9.71. The maximum atomic E-state index is 12.8. The first-order valence-electron chi connectivity index (χ1n) is 10.5. The van der Waals surface area contributed by atoms with Crippen molar-refractivity contribution in [2.24, 2.45) is 5.92 Å². The van der Waals surface area contributed by atoms with Crippen LogP contribution in [0, 0.1) is 16.0 Å². The van der Waals surface area contributed by atoms with Crippen LogP contribution in [0.15, 0.2) is 41.8 Å². The average Bonchev–Trinajstić information content (AvgIpc) is 3.33. The van der Waals surface area contributed by atoms with Crippen LogP contribution in [0.3, 0.4) is 0 Å². The highest BCUT2D eigenvalue weighted by molar-refractivity contribution is 7.99. The third kappa shape index (κ3) is 7.36. The van der Waals surface area contributed by atoms with Gasteiger partial charge in [-0.05, 0) is 41.5 Å². The second kappa shape index (κ2) is 11.9. The number of nitrogens with one attached hydrogen (secondary N) is 2. The summed E-state index contributed by atoms with van der Waals surface area (Å²) in [6.07, 6.45) is 6.35. The minimum absolute atomic E-state index is 0.00952. The zero-order valence-electron chi connectivity index (χ0n) is 17.2. The molecule has 2 aromatic rings. The van der Waals surface area contributed by atoms with Gasteiger partial charge in [0.25, 0.3) is 11.6 Å². The molecule has 1 heterocycles. The van der Waals surface area contributed by atoms with Gasteiger partial charge in [0.2, 0.25) is 5.91 Å². The van der Waals surface area contributed by atoms with E-state index in [4.69, 9.17) is 0 Å². The minimum atomic E-state index is -0.638. The monoisotopic (exact) mass is 461 g/mol. The molecule has 1 aromatic carbocycles.